The molecule has 0 bridgehead atoms. The Labute approximate surface area is 79.8 Å². The number of nitrogen functional groups attached to an aromatic ring is 1. The molecule has 0 aliphatic rings. The summed E-state index contributed by atoms with van der Waals surface area (Å²) in [5.41, 5.74) is 7.50. The van der Waals surface area contributed by atoms with Gasteiger partial charge in [-0.2, -0.15) is 5.10 Å². The van der Waals surface area contributed by atoms with Gasteiger partial charge in [-0.25, -0.2) is 4.98 Å². The standard InChI is InChI=1S/C10H8N4/c11-10-9-7(5-12-14-9)6-3-1-2-4-8(6)13-10/h1-5H,(H2,11,13)(H,12,14). The number of hydrogen-bond donors (Lipinski definition) is 2. The van der Waals surface area contributed by atoms with Crippen molar-refractivity contribution in [3.8, 4) is 0 Å². The number of H-pyrrole nitrogens is 1. The van der Waals surface area contributed by atoms with Gasteiger partial charge in [0.1, 0.15) is 11.3 Å². The maximum Gasteiger partial charge on any atom is 0.150 e. The minimum absolute atomic E-state index is 0.496. The van der Waals surface area contributed by atoms with Gasteiger partial charge in [0.05, 0.1) is 11.7 Å². The van der Waals surface area contributed by atoms with E-state index in [1.54, 1.807) is 6.20 Å². The van der Waals surface area contributed by atoms with E-state index in [9.17, 15) is 0 Å². The molecule has 0 saturated carbocycles. The molecule has 0 atom stereocenters. The van der Waals surface area contributed by atoms with Gasteiger partial charge in [0.2, 0.25) is 0 Å². The summed E-state index contributed by atoms with van der Waals surface area (Å²) in [7, 11) is 0. The number of nitrogens with one attached hydrogen (secondary N) is 1. The van der Waals surface area contributed by atoms with E-state index in [1.165, 1.54) is 0 Å². The first-order valence-electron chi connectivity index (χ1n) is 4.33. The molecule has 0 spiro atoms. The van der Waals surface area contributed by atoms with Gasteiger partial charge in [0.15, 0.2) is 0 Å². The summed E-state index contributed by atoms with van der Waals surface area (Å²) in [5.74, 6) is 0.496. The van der Waals surface area contributed by atoms with Crippen LogP contribution in [0.4, 0.5) is 5.82 Å². The number of pyridine rings is 1. The number of aromatic amines is 1. The Morgan fingerprint density at radius 2 is 2.00 bits per heavy atom. The van der Waals surface area contributed by atoms with Crippen molar-refractivity contribution in [3.63, 3.8) is 0 Å². The summed E-state index contributed by atoms with van der Waals surface area (Å²) in [4.78, 5) is 4.28. The van der Waals surface area contributed by atoms with Crippen LogP contribution in [0.15, 0.2) is 30.5 Å². The minimum Gasteiger partial charge on any atom is -0.382 e. The first-order valence-corrected chi connectivity index (χ1v) is 4.33. The Bertz CT molecular complexity index is 612. The van der Waals surface area contributed by atoms with Gasteiger partial charge < -0.3 is 5.73 Å². The molecule has 68 valence electrons. The lowest BCUT2D eigenvalue weighted by atomic mass is 10.1. The van der Waals surface area contributed by atoms with Crippen LogP contribution in [0.25, 0.3) is 21.8 Å². The van der Waals surface area contributed by atoms with E-state index in [2.05, 4.69) is 15.2 Å². The zero-order valence-electron chi connectivity index (χ0n) is 7.36. The third-order valence-corrected chi connectivity index (χ3v) is 2.33. The molecule has 14 heavy (non-hydrogen) atoms. The third kappa shape index (κ3) is 0.821. The first-order chi connectivity index (χ1) is 6.86. The molecule has 2 heterocycles. The van der Waals surface area contributed by atoms with Crippen LogP contribution in [0.3, 0.4) is 0 Å². The second-order valence-electron chi connectivity index (χ2n) is 3.17. The fourth-order valence-electron chi connectivity index (χ4n) is 1.67. The van der Waals surface area contributed by atoms with E-state index >= 15 is 0 Å². The molecule has 0 fully saturated rings. The monoisotopic (exact) mass is 184 g/mol. The lowest BCUT2D eigenvalue weighted by Gasteiger charge is -2.00. The summed E-state index contributed by atoms with van der Waals surface area (Å²) >= 11 is 0. The van der Waals surface area contributed by atoms with E-state index < -0.39 is 0 Å². The summed E-state index contributed by atoms with van der Waals surface area (Å²) in [6.07, 6.45) is 1.77. The highest BCUT2D eigenvalue weighted by atomic mass is 15.1. The molecule has 3 rings (SSSR count). The summed E-state index contributed by atoms with van der Waals surface area (Å²) < 4.78 is 0. The van der Waals surface area contributed by atoms with Crippen LogP contribution in [0.2, 0.25) is 0 Å². The molecule has 0 radical (unpaired) electrons. The molecule has 2 aromatic heterocycles. The quantitative estimate of drug-likeness (QED) is 0.558. The topological polar surface area (TPSA) is 67.6 Å². The summed E-state index contributed by atoms with van der Waals surface area (Å²) in [6, 6.07) is 7.88. The Morgan fingerprint density at radius 1 is 1.14 bits per heavy atom. The predicted molar refractivity (Wildman–Crippen MR) is 55.8 cm³/mol. The molecular weight excluding hydrogens is 176 g/mol. The van der Waals surface area contributed by atoms with Crippen LogP contribution in [-0.4, -0.2) is 15.2 Å². The highest BCUT2D eigenvalue weighted by Crippen LogP contribution is 2.25. The molecule has 0 aliphatic heterocycles. The molecule has 0 saturated heterocycles. The maximum atomic E-state index is 5.78. The molecule has 0 unspecified atom stereocenters. The average Bonchev–Trinajstić information content (AvgIpc) is 2.67. The van der Waals surface area contributed by atoms with E-state index in [1.807, 2.05) is 24.3 Å². The van der Waals surface area contributed by atoms with Crippen molar-refractivity contribution in [1.29, 1.82) is 0 Å². The SMILES string of the molecule is Nc1nc2ccccc2c2cn[nH]c12. The van der Waals surface area contributed by atoms with Gasteiger partial charge >= 0.3 is 0 Å². The smallest absolute Gasteiger partial charge is 0.150 e. The Morgan fingerprint density at radius 3 is 2.93 bits per heavy atom. The molecule has 0 aliphatic carbocycles. The van der Waals surface area contributed by atoms with Crippen molar-refractivity contribution < 1.29 is 0 Å². The number of fused-ring (bicyclic) bond motifs is 3. The molecule has 3 N–H and O–H groups in total. The summed E-state index contributed by atoms with van der Waals surface area (Å²) in [5, 5.41) is 8.91. The van der Waals surface area contributed by atoms with Crippen LogP contribution in [-0.2, 0) is 0 Å². The molecular formula is C10H8N4. The Hall–Kier alpha value is -2.10. The number of rotatable bonds is 0. The van der Waals surface area contributed by atoms with Gasteiger partial charge in [0, 0.05) is 10.8 Å². The van der Waals surface area contributed by atoms with E-state index in [0.717, 1.165) is 21.8 Å². The number of aromatic nitrogens is 3. The number of nitrogens with zero attached hydrogens (tertiary/aromatic N) is 2. The number of para-hydroxylation sites is 1. The zero-order chi connectivity index (χ0) is 9.54. The summed E-state index contributed by atoms with van der Waals surface area (Å²) in [6.45, 7) is 0. The lowest BCUT2D eigenvalue weighted by molar-refractivity contribution is 1.12. The lowest BCUT2D eigenvalue weighted by Crippen LogP contribution is -1.92. The third-order valence-electron chi connectivity index (χ3n) is 2.33. The van der Waals surface area contributed by atoms with Crippen LogP contribution < -0.4 is 5.73 Å². The first kappa shape index (κ1) is 7.32. The Balaban J connectivity index is 2.66. The average molecular weight is 184 g/mol. The van der Waals surface area contributed by atoms with Gasteiger partial charge in [-0.15, -0.1) is 0 Å². The Kier molecular flexibility index (Phi) is 1.28. The highest BCUT2D eigenvalue weighted by Gasteiger charge is 2.06. The van der Waals surface area contributed by atoms with Crippen molar-refractivity contribution in [3.05, 3.63) is 30.5 Å². The van der Waals surface area contributed by atoms with Crippen LogP contribution in [0, 0.1) is 0 Å². The van der Waals surface area contributed by atoms with Gasteiger partial charge in [0.25, 0.3) is 0 Å². The molecule has 1 aromatic carbocycles. The largest absolute Gasteiger partial charge is 0.382 e. The molecule has 0 amide bonds. The van der Waals surface area contributed by atoms with Crippen molar-refractivity contribution >= 4 is 27.6 Å². The number of hydrogen-bond acceptors (Lipinski definition) is 3. The molecule has 4 nitrogen and oxygen atoms in total. The van der Waals surface area contributed by atoms with Crippen molar-refractivity contribution in [2.45, 2.75) is 0 Å². The van der Waals surface area contributed by atoms with E-state index in [0.29, 0.717) is 5.82 Å². The highest BCUT2D eigenvalue weighted by molar-refractivity contribution is 6.07. The second kappa shape index (κ2) is 2.45. The fraction of sp³-hybridized carbons (Fsp3) is 0. The normalized spacial score (nSPS) is 11.1. The van der Waals surface area contributed by atoms with Crippen molar-refractivity contribution in [2.24, 2.45) is 0 Å². The van der Waals surface area contributed by atoms with Gasteiger partial charge in [-0.1, -0.05) is 18.2 Å². The van der Waals surface area contributed by atoms with E-state index in [-0.39, 0.29) is 0 Å². The molecule has 3 aromatic rings. The molecule has 4 heteroatoms. The van der Waals surface area contributed by atoms with Gasteiger partial charge in [-0.3, -0.25) is 5.10 Å². The van der Waals surface area contributed by atoms with Crippen LogP contribution in [0.5, 0.6) is 0 Å². The van der Waals surface area contributed by atoms with E-state index in [4.69, 9.17) is 5.73 Å². The van der Waals surface area contributed by atoms with Crippen LogP contribution >= 0.6 is 0 Å². The maximum absolute atomic E-state index is 5.78. The number of nitrogens with two attached hydrogens (primary N) is 1. The van der Waals surface area contributed by atoms with Crippen molar-refractivity contribution in [1.82, 2.24) is 15.2 Å². The zero-order valence-corrected chi connectivity index (χ0v) is 7.36. The second-order valence-corrected chi connectivity index (χ2v) is 3.17. The van der Waals surface area contributed by atoms with Gasteiger partial charge in [-0.05, 0) is 6.07 Å². The predicted octanol–water partition coefficient (Wildman–Crippen LogP) is 1.69. The minimum atomic E-state index is 0.496. The fourth-order valence-corrected chi connectivity index (χ4v) is 1.67. The van der Waals surface area contributed by atoms with Crippen molar-refractivity contribution in [2.75, 3.05) is 5.73 Å². The van der Waals surface area contributed by atoms with Crippen LogP contribution in [0.1, 0.15) is 0 Å². The number of benzene rings is 1. The number of anilines is 1.